The highest BCUT2D eigenvalue weighted by Crippen LogP contribution is 2.52. The normalized spacial score (nSPS) is 17.0. The summed E-state index contributed by atoms with van der Waals surface area (Å²) in [6.07, 6.45) is -4.49. The Kier molecular flexibility index (Phi) is 2.65. The van der Waals surface area contributed by atoms with Crippen LogP contribution in [0.2, 0.25) is 0 Å². The fourth-order valence-electron chi connectivity index (χ4n) is 1.20. The van der Waals surface area contributed by atoms with E-state index in [9.17, 15) is 13.2 Å². The van der Waals surface area contributed by atoms with Crippen LogP contribution in [0.25, 0.3) is 0 Å². The van der Waals surface area contributed by atoms with Crippen molar-refractivity contribution in [1.29, 1.82) is 0 Å². The van der Waals surface area contributed by atoms with Gasteiger partial charge in [-0.3, -0.25) is 0 Å². The Morgan fingerprint density at radius 3 is 2.20 bits per heavy atom. The Balaban J connectivity index is 0.00000112. The van der Waals surface area contributed by atoms with Crippen LogP contribution in [0, 0.1) is 0 Å². The van der Waals surface area contributed by atoms with E-state index >= 15 is 0 Å². The van der Waals surface area contributed by atoms with E-state index in [2.05, 4.69) is 10.2 Å². The number of nitrogen functional groups attached to an aromatic ring is 1. The van der Waals surface area contributed by atoms with Crippen molar-refractivity contribution < 1.29 is 13.2 Å². The SMILES string of the molecule is Cl.Nc1cccc(C2(C(F)(F)F)N=N2)c1. The van der Waals surface area contributed by atoms with Gasteiger partial charge in [0.15, 0.2) is 0 Å². The summed E-state index contributed by atoms with van der Waals surface area (Å²) in [4.78, 5) is 0. The fraction of sp³-hybridized carbons (Fsp3) is 0.250. The molecule has 0 saturated carbocycles. The number of benzene rings is 1. The molecule has 7 heteroatoms. The number of anilines is 1. The van der Waals surface area contributed by atoms with Crippen LogP contribution >= 0.6 is 12.4 Å². The molecule has 0 radical (unpaired) electrons. The lowest BCUT2D eigenvalue weighted by atomic mass is 10.0. The monoisotopic (exact) mass is 237 g/mol. The molecular weight excluding hydrogens is 231 g/mol. The maximum Gasteiger partial charge on any atom is 0.442 e. The van der Waals surface area contributed by atoms with Crippen molar-refractivity contribution in [3.05, 3.63) is 29.8 Å². The van der Waals surface area contributed by atoms with Crippen LogP contribution in [0.15, 0.2) is 34.5 Å². The molecule has 0 aliphatic carbocycles. The molecule has 0 unspecified atom stereocenters. The van der Waals surface area contributed by atoms with Gasteiger partial charge in [0.1, 0.15) is 0 Å². The van der Waals surface area contributed by atoms with Crippen LogP contribution in [0.4, 0.5) is 18.9 Å². The number of nitrogens with zero attached hydrogens (tertiary/aromatic N) is 2. The molecule has 1 heterocycles. The Hall–Kier alpha value is -1.30. The number of halogens is 4. The molecular formula is C8H7ClF3N3. The predicted octanol–water partition coefficient (Wildman–Crippen LogP) is 2.87. The van der Waals surface area contributed by atoms with Gasteiger partial charge >= 0.3 is 11.8 Å². The van der Waals surface area contributed by atoms with Crippen LogP contribution in [0.3, 0.4) is 0 Å². The van der Waals surface area contributed by atoms with Gasteiger partial charge in [0, 0.05) is 11.3 Å². The zero-order valence-electron chi connectivity index (χ0n) is 7.32. The second-order valence-corrected chi connectivity index (χ2v) is 3.00. The van der Waals surface area contributed by atoms with Gasteiger partial charge in [0.2, 0.25) is 0 Å². The molecule has 82 valence electrons. The highest BCUT2D eigenvalue weighted by atomic mass is 35.5. The van der Waals surface area contributed by atoms with Gasteiger partial charge in [-0.15, -0.1) is 22.6 Å². The molecule has 1 aliphatic heterocycles. The average Bonchev–Trinajstić information content (AvgIpc) is 2.82. The standard InChI is InChI=1S/C8H6F3N3.ClH/c9-8(10,11)7(13-14-7)5-2-1-3-6(12)4-5;/h1-4H,12H2;1H. The maximum atomic E-state index is 12.5. The van der Waals surface area contributed by atoms with Crippen LogP contribution in [0.1, 0.15) is 5.56 Å². The fourth-order valence-corrected chi connectivity index (χ4v) is 1.20. The van der Waals surface area contributed by atoms with Gasteiger partial charge in [0.25, 0.3) is 0 Å². The van der Waals surface area contributed by atoms with Crippen LogP contribution in [-0.2, 0) is 5.66 Å². The lowest BCUT2D eigenvalue weighted by Crippen LogP contribution is -2.30. The summed E-state index contributed by atoms with van der Waals surface area (Å²) < 4.78 is 37.5. The van der Waals surface area contributed by atoms with Crippen LogP contribution < -0.4 is 5.73 Å². The minimum absolute atomic E-state index is 0. The first kappa shape index (κ1) is 11.8. The second-order valence-electron chi connectivity index (χ2n) is 3.00. The molecule has 0 saturated heterocycles. The third kappa shape index (κ3) is 1.77. The largest absolute Gasteiger partial charge is 0.442 e. The van der Waals surface area contributed by atoms with Crippen LogP contribution in [-0.4, -0.2) is 6.18 Å². The van der Waals surface area contributed by atoms with E-state index < -0.39 is 11.8 Å². The summed E-state index contributed by atoms with van der Waals surface area (Å²) in [7, 11) is 0. The van der Waals surface area contributed by atoms with E-state index in [1.165, 1.54) is 24.3 Å². The summed E-state index contributed by atoms with van der Waals surface area (Å²) in [5, 5.41) is 6.12. The average molecular weight is 238 g/mol. The van der Waals surface area contributed by atoms with Crippen molar-refractivity contribution in [1.82, 2.24) is 0 Å². The van der Waals surface area contributed by atoms with E-state index in [1.54, 1.807) is 0 Å². The minimum atomic E-state index is -4.49. The smallest absolute Gasteiger partial charge is 0.399 e. The topological polar surface area (TPSA) is 50.7 Å². The molecule has 1 aromatic rings. The number of hydrogen-bond donors (Lipinski definition) is 1. The molecule has 1 aliphatic rings. The zero-order chi connectivity index (χ0) is 10.4. The molecule has 2 N–H and O–H groups in total. The number of rotatable bonds is 1. The van der Waals surface area contributed by atoms with Gasteiger partial charge in [-0.1, -0.05) is 12.1 Å². The van der Waals surface area contributed by atoms with Gasteiger partial charge in [-0.2, -0.15) is 13.2 Å². The van der Waals surface area contributed by atoms with Gasteiger partial charge in [-0.25, -0.2) is 0 Å². The van der Waals surface area contributed by atoms with Crippen LogP contribution in [0.5, 0.6) is 0 Å². The van der Waals surface area contributed by atoms with Gasteiger partial charge in [-0.05, 0) is 12.1 Å². The lowest BCUT2D eigenvalue weighted by molar-refractivity contribution is -0.166. The third-order valence-electron chi connectivity index (χ3n) is 1.98. The molecule has 0 fully saturated rings. The Morgan fingerprint density at radius 1 is 1.20 bits per heavy atom. The highest BCUT2D eigenvalue weighted by molar-refractivity contribution is 5.85. The predicted molar refractivity (Wildman–Crippen MR) is 50.7 cm³/mol. The van der Waals surface area contributed by atoms with Crippen molar-refractivity contribution in [3.63, 3.8) is 0 Å². The van der Waals surface area contributed by atoms with Gasteiger partial charge in [0.05, 0.1) is 0 Å². The van der Waals surface area contributed by atoms with Crippen molar-refractivity contribution in [3.8, 4) is 0 Å². The summed E-state index contributed by atoms with van der Waals surface area (Å²) in [6.45, 7) is 0. The van der Waals surface area contributed by atoms with E-state index in [0.29, 0.717) is 0 Å². The highest BCUT2D eigenvalue weighted by Gasteiger charge is 2.65. The Morgan fingerprint density at radius 2 is 1.80 bits per heavy atom. The summed E-state index contributed by atoms with van der Waals surface area (Å²) in [5.41, 5.74) is 3.25. The molecule has 0 spiro atoms. The van der Waals surface area contributed by atoms with Crippen molar-refractivity contribution in [2.75, 3.05) is 5.73 Å². The Labute approximate surface area is 89.6 Å². The number of alkyl halides is 3. The van der Waals surface area contributed by atoms with Crippen molar-refractivity contribution >= 4 is 18.1 Å². The first-order valence-electron chi connectivity index (χ1n) is 3.82. The van der Waals surface area contributed by atoms with E-state index in [1.807, 2.05) is 0 Å². The summed E-state index contributed by atoms with van der Waals surface area (Å²) in [5.74, 6) is 0. The maximum absolute atomic E-state index is 12.5. The van der Waals surface area contributed by atoms with E-state index in [0.717, 1.165) is 0 Å². The molecule has 0 amide bonds. The molecule has 0 bridgehead atoms. The molecule has 0 aromatic heterocycles. The molecule has 0 atom stereocenters. The molecule has 2 rings (SSSR count). The third-order valence-corrected chi connectivity index (χ3v) is 1.98. The second kappa shape index (κ2) is 3.37. The zero-order valence-corrected chi connectivity index (χ0v) is 8.14. The molecule has 3 nitrogen and oxygen atoms in total. The first-order chi connectivity index (χ1) is 6.46. The molecule has 15 heavy (non-hydrogen) atoms. The molecule has 1 aromatic carbocycles. The number of nitrogens with two attached hydrogens (primary N) is 1. The van der Waals surface area contributed by atoms with E-state index in [4.69, 9.17) is 5.73 Å². The first-order valence-corrected chi connectivity index (χ1v) is 3.82. The Bertz CT molecular complexity index is 396. The quantitative estimate of drug-likeness (QED) is 0.750. The summed E-state index contributed by atoms with van der Waals surface area (Å²) in [6, 6.07) is 5.49. The summed E-state index contributed by atoms with van der Waals surface area (Å²) >= 11 is 0. The lowest BCUT2D eigenvalue weighted by Gasteiger charge is -2.14. The van der Waals surface area contributed by atoms with Crippen molar-refractivity contribution in [2.45, 2.75) is 11.8 Å². The van der Waals surface area contributed by atoms with Gasteiger partial charge < -0.3 is 5.73 Å². The number of hydrogen-bond acceptors (Lipinski definition) is 3. The van der Waals surface area contributed by atoms with Crippen molar-refractivity contribution in [2.24, 2.45) is 10.2 Å². The van der Waals surface area contributed by atoms with E-state index in [-0.39, 0.29) is 23.7 Å². The minimum Gasteiger partial charge on any atom is -0.399 e.